The fourth-order valence-corrected chi connectivity index (χ4v) is 4.64. The summed E-state index contributed by atoms with van der Waals surface area (Å²) < 4.78 is 3.22. The fraction of sp³-hybridized carbons (Fsp3) is 0.273. The Morgan fingerprint density at radius 1 is 0.722 bits per heavy atom. The van der Waals surface area contributed by atoms with Crippen molar-refractivity contribution in [2.45, 2.75) is 24.2 Å². The van der Waals surface area contributed by atoms with Gasteiger partial charge in [-0.3, -0.25) is 9.59 Å². The van der Waals surface area contributed by atoms with Crippen molar-refractivity contribution in [3.8, 4) is 11.4 Å². The summed E-state index contributed by atoms with van der Waals surface area (Å²) in [4.78, 5) is 24.5. The van der Waals surface area contributed by atoms with Crippen molar-refractivity contribution in [1.29, 1.82) is 0 Å². The van der Waals surface area contributed by atoms with Gasteiger partial charge < -0.3 is 10.6 Å². The molecule has 0 aliphatic carbocycles. The first-order chi connectivity index (χ1) is 17.5. The van der Waals surface area contributed by atoms with Crippen molar-refractivity contribution in [1.82, 2.24) is 51.0 Å². The third-order valence-corrected chi connectivity index (χ3v) is 6.84. The molecular formula is C22H24N10O2S2. The number of thioether (sulfide) groups is 2. The van der Waals surface area contributed by atoms with Gasteiger partial charge in [0.1, 0.15) is 0 Å². The summed E-state index contributed by atoms with van der Waals surface area (Å²) in [6.45, 7) is 4.55. The SMILES string of the molecule is Cc1ccccc1-n1nnnc1SCC(=O)NCCNC(=O)CSc1nnnn1-c1ccccc1C. The summed E-state index contributed by atoms with van der Waals surface area (Å²) in [7, 11) is 0. The quantitative estimate of drug-likeness (QED) is 0.218. The number of hydrogen-bond donors (Lipinski definition) is 2. The van der Waals surface area contributed by atoms with E-state index >= 15 is 0 Å². The fourth-order valence-electron chi connectivity index (χ4n) is 3.21. The van der Waals surface area contributed by atoms with Crippen LogP contribution in [0.3, 0.4) is 0 Å². The van der Waals surface area contributed by atoms with Crippen molar-refractivity contribution in [2.24, 2.45) is 0 Å². The molecule has 0 radical (unpaired) electrons. The Balaban J connectivity index is 1.16. The first kappa shape index (κ1) is 25.3. The van der Waals surface area contributed by atoms with Gasteiger partial charge in [-0.05, 0) is 58.0 Å². The molecule has 0 fully saturated rings. The standard InChI is InChI=1S/C22H24N10O2S2/c1-15-7-3-5-9-17(15)31-21(25-27-29-31)35-13-19(33)23-11-12-24-20(34)14-36-22-26-28-30-32(22)18-10-6-4-8-16(18)2/h3-10H,11-14H2,1-2H3,(H,23,33)(H,24,34). The zero-order chi connectivity index (χ0) is 25.3. The summed E-state index contributed by atoms with van der Waals surface area (Å²) >= 11 is 2.48. The van der Waals surface area contributed by atoms with Crippen molar-refractivity contribution >= 4 is 35.3 Å². The predicted molar refractivity (Wildman–Crippen MR) is 135 cm³/mol. The van der Waals surface area contributed by atoms with Crippen LogP contribution in [-0.2, 0) is 9.59 Å². The molecule has 0 atom stereocenters. The van der Waals surface area contributed by atoms with E-state index in [1.54, 1.807) is 9.36 Å². The number of aromatic nitrogens is 8. The summed E-state index contributed by atoms with van der Waals surface area (Å²) in [5.74, 6) is -0.0596. The molecule has 2 amide bonds. The summed E-state index contributed by atoms with van der Waals surface area (Å²) in [5.41, 5.74) is 3.77. The lowest BCUT2D eigenvalue weighted by molar-refractivity contribution is -0.120. The van der Waals surface area contributed by atoms with E-state index in [1.807, 2.05) is 62.4 Å². The van der Waals surface area contributed by atoms with Crippen LogP contribution in [0.2, 0.25) is 0 Å². The van der Waals surface area contributed by atoms with Gasteiger partial charge in [0.15, 0.2) is 0 Å². The molecule has 4 aromatic rings. The Kier molecular flexibility index (Phi) is 8.62. The highest BCUT2D eigenvalue weighted by molar-refractivity contribution is 8.00. The number of tetrazole rings is 2. The number of amides is 2. The van der Waals surface area contributed by atoms with Crippen molar-refractivity contribution in [2.75, 3.05) is 24.6 Å². The summed E-state index contributed by atoms with van der Waals surface area (Å²) in [5, 5.41) is 30.1. The van der Waals surface area contributed by atoms with E-state index in [2.05, 4.69) is 41.7 Å². The van der Waals surface area contributed by atoms with Crippen LogP contribution in [0.5, 0.6) is 0 Å². The molecule has 0 aliphatic rings. The average Bonchev–Trinajstić information content (AvgIpc) is 3.54. The van der Waals surface area contributed by atoms with Crippen LogP contribution in [0.4, 0.5) is 0 Å². The van der Waals surface area contributed by atoms with E-state index in [4.69, 9.17) is 0 Å². The van der Waals surface area contributed by atoms with Gasteiger partial charge in [0.05, 0.1) is 22.9 Å². The monoisotopic (exact) mass is 524 g/mol. The molecule has 186 valence electrons. The lowest BCUT2D eigenvalue weighted by Gasteiger charge is -2.09. The van der Waals surface area contributed by atoms with Gasteiger partial charge in [0.2, 0.25) is 22.1 Å². The van der Waals surface area contributed by atoms with Gasteiger partial charge in [-0.25, -0.2) is 0 Å². The van der Waals surface area contributed by atoms with Gasteiger partial charge in [-0.15, -0.1) is 10.2 Å². The number of rotatable bonds is 11. The number of aryl methyl sites for hydroxylation is 2. The summed E-state index contributed by atoms with van der Waals surface area (Å²) in [6.07, 6.45) is 0. The molecule has 2 aromatic carbocycles. The Labute approximate surface area is 215 Å². The van der Waals surface area contributed by atoms with Gasteiger partial charge in [-0.1, -0.05) is 59.9 Å². The Bertz CT molecular complexity index is 1240. The van der Waals surface area contributed by atoms with E-state index in [-0.39, 0.29) is 23.3 Å². The lowest BCUT2D eigenvalue weighted by Crippen LogP contribution is -2.36. The predicted octanol–water partition coefficient (Wildman–Crippen LogP) is 1.37. The van der Waals surface area contributed by atoms with Crippen molar-refractivity contribution in [3.63, 3.8) is 0 Å². The minimum Gasteiger partial charge on any atom is -0.354 e. The lowest BCUT2D eigenvalue weighted by atomic mass is 10.2. The first-order valence-corrected chi connectivity index (χ1v) is 13.0. The van der Waals surface area contributed by atoms with E-state index < -0.39 is 0 Å². The Morgan fingerprint density at radius 3 is 1.56 bits per heavy atom. The smallest absolute Gasteiger partial charge is 0.230 e. The zero-order valence-corrected chi connectivity index (χ0v) is 21.3. The number of benzene rings is 2. The molecule has 0 aliphatic heterocycles. The van der Waals surface area contributed by atoms with Crippen LogP contribution in [0, 0.1) is 13.8 Å². The number of nitrogens with one attached hydrogen (secondary N) is 2. The highest BCUT2D eigenvalue weighted by Gasteiger charge is 2.14. The van der Waals surface area contributed by atoms with Gasteiger partial charge in [0.25, 0.3) is 0 Å². The van der Waals surface area contributed by atoms with Crippen LogP contribution in [0.25, 0.3) is 11.4 Å². The second-order valence-corrected chi connectivity index (χ2v) is 9.48. The first-order valence-electron chi connectivity index (χ1n) is 11.0. The van der Waals surface area contributed by atoms with Crippen molar-refractivity contribution < 1.29 is 9.59 Å². The molecule has 12 nitrogen and oxygen atoms in total. The minimum absolute atomic E-state index is 0.150. The molecule has 4 rings (SSSR count). The second-order valence-electron chi connectivity index (χ2n) is 7.60. The zero-order valence-electron chi connectivity index (χ0n) is 19.7. The van der Waals surface area contributed by atoms with E-state index in [0.29, 0.717) is 23.4 Å². The largest absolute Gasteiger partial charge is 0.354 e. The highest BCUT2D eigenvalue weighted by Crippen LogP contribution is 2.21. The second kappa shape index (κ2) is 12.3. The van der Waals surface area contributed by atoms with Gasteiger partial charge in [0, 0.05) is 13.1 Å². The molecule has 0 saturated heterocycles. The van der Waals surface area contributed by atoms with Crippen LogP contribution in [0.15, 0.2) is 58.8 Å². The third kappa shape index (κ3) is 6.46. The average molecular weight is 525 g/mol. The topological polar surface area (TPSA) is 145 Å². The maximum Gasteiger partial charge on any atom is 0.230 e. The van der Waals surface area contributed by atoms with E-state index in [1.165, 1.54) is 23.5 Å². The number of nitrogens with zero attached hydrogens (tertiary/aromatic N) is 8. The number of carbonyl (C=O) groups is 2. The van der Waals surface area contributed by atoms with E-state index in [9.17, 15) is 9.59 Å². The Morgan fingerprint density at radius 2 is 1.14 bits per heavy atom. The molecule has 0 unspecified atom stereocenters. The third-order valence-electron chi connectivity index (χ3n) is 5.00. The van der Waals surface area contributed by atoms with Gasteiger partial charge >= 0.3 is 0 Å². The summed E-state index contributed by atoms with van der Waals surface area (Å²) in [6, 6.07) is 15.5. The van der Waals surface area contributed by atoms with E-state index in [0.717, 1.165) is 22.5 Å². The van der Waals surface area contributed by atoms with Crippen LogP contribution in [-0.4, -0.2) is 76.8 Å². The number of para-hydroxylation sites is 2. The molecule has 2 aromatic heterocycles. The molecule has 0 bridgehead atoms. The molecule has 2 heterocycles. The number of carbonyl (C=O) groups excluding carboxylic acids is 2. The molecule has 36 heavy (non-hydrogen) atoms. The molecule has 2 N–H and O–H groups in total. The molecule has 0 saturated carbocycles. The minimum atomic E-state index is -0.180. The Hall–Kier alpha value is -3.78. The van der Waals surface area contributed by atoms with Crippen LogP contribution < -0.4 is 10.6 Å². The number of hydrogen-bond acceptors (Lipinski definition) is 10. The van der Waals surface area contributed by atoms with Gasteiger partial charge in [-0.2, -0.15) is 9.36 Å². The van der Waals surface area contributed by atoms with Crippen LogP contribution >= 0.6 is 23.5 Å². The molecule has 0 spiro atoms. The highest BCUT2D eigenvalue weighted by atomic mass is 32.2. The van der Waals surface area contributed by atoms with Crippen LogP contribution in [0.1, 0.15) is 11.1 Å². The molecule has 14 heteroatoms. The maximum atomic E-state index is 12.2. The maximum absolute atomic E-state index is 12.2. The molecular weight excluding hydrogens is 500 g/mol. The van der Waals surface area contributed by atoms with Crippen molar-refractivity contribution in [3.05, 3.63) is 59.7 Å². The normalized spacial score (nSPS) is 10.8.